The summed E-state index contributed by atoms with van der Waals surface area (Å²) in [5.41, 5.74) is 0. The van der Waals surface area contributed by atoms with E-state index in [0.717, 1.165) is 25.7 Å². The van der Waals surface area contributed by atoms with Crippen LogP contribution in [-0.2, 0) is 13.6 Å². The van der Waals surface area contributed by atoms with Crippen LogP contribution in [0.4, 0.5) is 0 Å². The summed E-state index contributed by atoms with van der Waals surface area (Å²) in [5, 5.41) is 0. The van der Waals surface area contributed by atoms with Crippen LogP contribution in [0.15, 0.2) is 24.7 Å². The zero-order chi connectivity index (χ0) is 17.2. The predicted molar refractivity (Wildman–Crippen MR) is 97.0 cm³/mol. The van der Waals surface area contributed by atoms with Gasteiger partial charge in [-0.25, -0.2) is 4.57 Å². The molecule has 136 valence electrons. The SMILES string of the molecule is CCCCCCCC=COP(=O)(O)OC=CCCCCCCC. The van der Waals surface area contributed by atoms with Crippen LogP contribution in [0.5, 0.6) is 0 Å². The Hall–Kier alpha value is -0.730. The topological polar surface area (TPSA) is 55.8 Å². The maximum atomic E-state index is 11.6. The number of hydrogen-bond donors (Lipinski definition) is 1. The normalized spacial score (nSPS) is 14.4. The first-order valence-electron chi connectivity index (χ1n) is 9.12. The minimum atomic E-state index is -4.00. The minimum absolute atomic E-state index is 0.858. The van der Waals surface area contributed by atoms with Crippen LogP contribution in [0.2, 0.25) is 0 Å². The Morgan fingerprint density at radius 3 is 1.52 bits per heavy atom. The Morgan fingerprint density at radius 2 is 1.13 bits per heavy atom. The highest BCUT2D eigenvalue weighted by Crippen LogP contribution is 2.43. The van der Waals surface area contributed by atoms with Crippen molar-refractivity contribution in [2.24, 2.45) is 0 Å². The van der Waals surface area contributed by atoms with Crippen LogP contribution < -0.4 is 0 Å². The Bertz CT molecular complexity index is 323. The van der Waals surface area contributed by atoms with Crippen molar-refractivity contribution in [2.45, 2.75) is 90.9 Å². The molecule has 0 aromatic rings. The summed E-state index contributed by atoms with van der Waals surface area (Å²) in [6.45, 7) is 4.38. The van der Waals surface area contributed by atoms with E-state index >= 15 is 0 Å². The lowest BCUT2D eigenvalue weighted by atomic mass is 10.1. The van der Waals surface area contributed by atoms with Crippen LogP contribution in [0.25, 0.3) is 0 Å². The molecule has 0 bridgehead atoms. The van der Waals surface area contributed by atoms with E-state index in [2.05, 4.69) is 13.8 Å². The van der Waals surface area contributed by atoms with E-state index in [9.17, 15) is 9.46 Å². The predicted octanol–water partition coefficient (Wildman–Crippen LogP) is 6.87. The monoisotopic (exact) mass is 346 g/mol. The molecule has 0 aliphatic rings. The highest BCUT2D eigenvalue weighted by Gasteiger charge is 2.19. The molecule has 0 amide bonds. The van der Waals surface area contributed by atoms with E-state index in [1.165, 1.54) is 63.9 Å². The molecule has 1 N–H and O–H groups in total. The molecular weight excluding hydrogens is 311 g/mol. The van der Waals surface area contributed by atoms with Crippen molar-refractivity contribution >= 4 is 7.82 Å². The van der Waals surface area contributed by atoms with Crippen LogP contribution in [0.1, 0.15) is 90.9 Å². The van der Waals surface area contributed by atoms with Crippen LogP contribution in [0, 0.1) is 0 Å². The molecular formula is C18H35O4P. The molecule has 0 saturated carbocycles. The van der Waals surface area contributed by atoms with E-state index in [1.54, 1.807) is 12.2 Å². The molecule has 0 radical (unpaired) electrons. The van der Waals surface area contributed by atoms with Gasteiger partial charge >= 0.3 is 7.82 Å². The zero-order valence-corrected chi connectivity index (χ0v) is 15.8. The molecule has 0 spiro atoms. The van der Waals surface area contributed by atoms with Crippen molar-refractivity contribution in [1.82, 2.24) is 0 Å². The molecule has 0 fully saturated rings. The smallest absolute Gasteiger partial charge is 0.404 e. The van der Waals surface area contributed by atoms with Gasteiger partial charge in [-0.15, -0.1) is 0 Å². The van der Waals surface area contributed by atoms with E-state index in [4.69, 9.17) is 9.05 Å². The molecule has 0 heterocycles. The lowest BCUT2D eigenvalue weighted by molar-refractivity contribution is 0.243. The molecule has 5 heteroatoms. The van der Waals surface area contributed by atoms with Gasteiger partial charge in [-0.05, 0) is 37.8 Å². The largest absolute Gasteiger partial charge is 0.583 e. The second-order valence-corrected chi connectivity index (χ2v) is 7.19. The van der Waals surface area contributed by atoms with Crippen molar-refractivity contribution in [3.05, 3.63) is 24.7 Å². The first kappa shape index (κ1) is 22.3. The van der Waals surface area contributed by atoms with Gasteiger partial charge in [0.25, 0.3) is 0 Å². The number of hydrogen-bond acceptors (Lipinski definition) is 3. The van der Waals surface area contributed by atoms with Crippen LogP contribution >= 0.6 is 7.82 Å². The second-order valence-electron chi connectivity index (χ2n) is 5.83. The summed E-state index contributed by atoms with van der Waals surface area (Å²) in [4.78, 5) is 9.47. The fourth-order valence-corrected chi connectivity index (χ4v) is 2.66. The molecule has 0 aliphatic carbocycles. The van der Waals surface area contributed by atoms with E-state index in [0.29, 0.717) is 0 Å². The van der Waals surface area contributed by atoms with Gasteiger partial charge in [0.2, 0.25) is 0 Å². The summed E-state index contributed by atoms with van der Waals surface area (Å²) in [6.07, 6.45) is 19.8. The Kier molecular flexibility index (Phi) is 15.6. The number of allylic oxidation sites excluding steroid dienone is 2. The fourth-order valence-electron chi connectivity index (χ4n) is 2.13. The van der Waals surface area contributed by atoms with E-state index in [-0.39, 0.29) is 0 Å². The number of unbranched alkanes of at least 4 members (excludes halogenated alkanes) is 10. The molecule has 0 aliphatic heterocycles. The molecule has 0 aromatic carbocycles. The van der Waals surface area contributed by atoms with Gasteiger partial charge in [0, 0.05) is 0 Å². The summed E-state index contributed by atoms with van der Waals surface area (Å²) < 4.78 is 21.1. The highest BCUT2D eigenvalue weighted by atomic mass is 31.2. The van der Waals surface area contributed by atoms with Crippen LogP contribution in [0.3, 0.4) is 0 Å². The van der Waals surface area contributed by atoms with Gasteiger partial charge in [-0.3, -0.25) is 4.89 Å². The minimum Gasteiger partial charge on any atom is -0.404 e. The molecule has 0 atom stereocenters. The molecule has 0 saturated heterocycles. The van der Waals surface area contributed by atoms with Crippen molar-refractivity contribution in [3.63, 3.8) is 0 Å². The first-order valence-corrected chi connectivity index (χ1v) is 10.6. The maximum absolute atomic E-state index is 11.6. The lowest BCUT2D eigenvalue weighted by Crippen LogP contribution is -1.84. The lowest BCUT2D eigenvalue weighted by Gasteiger charge is -2.07. The van der Waals surface area contributed by atoms with Crippen molar-refractivity contribution in [3.8, 4) is 0 Å². The summed E-state index contributed by atoms with van der Waals surface area (Å²) >= 11 is 0. The molecule has 0 unspecified atom stereocenters. The fraction of sp³-hybridized carbons (Fsp3) is 0.778. The van der Waals surface area contributed by atoms with Gasteiger partial charge in [0.1, 0.15) is 0 Å². The molecule has 0 aromatic heterocycles. The molecule has 0 rings (SSSR count). The summed E-state index contributed by atoms with van der Waals surface area (Å²) in [7, 11) is -4.00. The average Bonchev–Trinajstić information content (AvgIpc) is 2.52. The third-order valence-electron chi connectivity index (χ3n) is 3.53. The third-order valence-corrected chi connectivity index (χ3v) is 4.31. The Labute approximate surface area is 142 Å². The first-order chi connectivity index (χ1) is 11.1. The summed E-state index contributed by atoms with van der Waals surface area (Å²) in [6, 6.07) is 0. The number of phosphoric ester groups is 1. The van der Waals surface area contributed by atoms with Gasteiger partial charge in [0.05, 0.1) is 12.5 Å². The van der Waals surface area contributed by atoms with Crippen molar-refractivity contribution < 1.29 is 18.5 Å². The Balaban J connectivity index is 3.61. The second kappa shape index (κ2) is 16.1. The number of phosphoric acid groups is 1. The quantitative estimate of drug-likeness (QED) is 0.188. The zero-order valence-electron chi connectivity index (χ0n) is 14.9. The van der Waals surface area contributed by atoms with E-state index in [1.807, 2.05) is 0 Å². The molecule has 4 nitrogen and oxygen atoms in total. The third kappa shape index (κ3) is 17.5. The van der Waals surface area contributed by atoms with Gasteiger partial charge in [-0.2, -0.15) is 0 Å². The van der Waals surface area contributed by atoms with Crippen LogP contribution in [-0.4, -0.2) is 4.89 Å². The highest BCUT2D eigenvalue weighted by molar-refractivity contribution is 7.47. The molecule has 23 heavy (non-hydrogen) atoms. The van der Waals surface area contributed by atoms with Crippen molar-refractivity contribution in [2.75, 3.05) is 0 Å². The maximum Gasteiger partial charge on any atom is 0.583 e. The van der Waals surface area contributed by atoms with Crippen molar-refractivity contribution in [1.29, 1.82) is 0 Å². The number of rotatable bonds is 16. The average molecular weight is 346 g/mol. The van der Waals surface area contributed by atoms with Gasteiger partial charge in [-0.1, -0.05) is 65.2 Å². The van der Waals surface area contributed by atoms with E-state index < -0.39 is 7.82 Å². The Morgan fingerprint density at radius 1 is 0.739 bits per heavy atom. The standard InChI is InChI=1S/C18H35O4P/c1-3-5-7-9-11-13-15-17-21-23(19,20)22-18-16-14-12-10-8-6-4-2/h15-18H,3-14H2,1-2H3,(H,19,20). The van der Waals surface area contributed by atoms with Gasteiger partial charge in [0.15, 0.2) is 0 Å². The van der Waals surface area contributed by atoms with Gasteiger partial charge < -0.3 is 9.05 Å². The summed E-state index contributed by atoms with van der Waals surface area (Å²) in [5.74, 6) is 0.